The number of hydrogen-bond donors (Lipinski definition) is 3. The topological polar surface area (TPSA) is 172 Å². The van der Waals surface area contributed by atoms with Gasteiger partial charge in [0.2, 0.25) is 5.96 Å². The van der Waals surface area contributed by atoms with E-state index in [0.717, 1.165) is 19.2 Å². The molecule has 112 valence electrons. The van der Waals surface area contributed by atoms with Gasteiger partial charge in [-0.3, -0.25) is 10.1 Å². The highest BCUT2D eigenvalue weighted by Crippen LogP contribution is 2.33. The fraction of sp³-hybridized carbons (Fsp3) is 0.100. The minimum atomic E-state index is -0.883. The number of carbonyl (C=O) groups is 1. The molecule has 11 heteroatoms. The van der Waals surface area contributed by atoms with Crippen LogP contribution in [0.25, 0.3) is 0 Å². The molecule has 10 nitrogen and oxygen atoms in total. The van der Waals surface area contributed by atoms with E-state index in [1.807, 2.05) is 0 Å². The lowest BCUT2D eigenvalue weighted by Crippen LogP contribution is -2.26. The van der Waals surface area contributed by atoms with Crippen LogP contribution in [0, 0.1) is 10.1 Å². The van der Waals surface area contributed by atoms with Crippen molar-refractivity contribution in [1.29, 1.82) is 0 Å². The van der Waals surface area contributed by atoms with Crippen LogP contribution < -0.4 is 17.2 Å². The third-order valence-corrected chi connectivity index (χ3v) is 2.78. The molecule has 1 aromatic rings. The fourth-order valence-electron chi connectivity index (χ4n) is 1.34. The first-order valence-corrected chi connectivity index (χ1v) is 6.05. The first-order valence-electron chi connectivity index (χ1n) is 5.26. The Morgan fingerprint density at radius 2 is 2.00 bits per heavy atom. The number of carbonyl (C=O) groups excluding carboxylic acids is 1. The number of halogens is 1. The molecule has 0 saturated heterocycles. The average Bonchev–Trinajstić information content (AvgIpc) is 2.38. The maximum absolute atomic E-state index is 11.6. The summed E-state index contributed by atoms with van der Waals surface area (Å²) in [6.45, 7) is 0. The molecule has 0 atom stereocenters. The first-order chi connectivity index (χ1) is 9.76. The number of nitro benzene ring substituents is 1. The van der Waals surface area contributed by atoms with Crippen molar-refractivity contribution in [2.45, 2.75) is 0 Å². The van der Waals surface area contributed by atoms with Crippen LogP contribution >= 0.6 is 15.9 Å². The van der Waals surface area contributed by atoms with Crippen LogP contribution in [0.2, 0.25) is 0 Å². The Morgan fingerprint density at radius 3 is 2.48 bits per heavy atom. The molecule has 0 unspecified atom stereocenters. The molecule has 0 aliphatic heterocycles. The van der Waals surface area contributed by atoms with E-state index in [0.29, 0.717) is 0 Å². The minimum absolute atomic E-state index is 0.128. The smallest absolute Gasteiger partial charge is 0.344 e. The monoisotopic (exact) mass is 358 g/mol. The molecule has 21 heavy (non-hydrogen) atoms. The number of guanidine groups is 2. The fourth-order valence-corrected chi connectivity index (χ4v) is 1.76. The van der Waals surface area contributed by atoms with Gasteiger partial charge in [-0.05, 0) is 22.0 Å². The quantitative estimate of drug-likeness (QED) is 0.230. The number of esters is 1. The van der Waals surface area contributed by atoms with Crippen LogP contribution in [-0.4, -0.2) is 29.9 Å². The summed E-state index contributed by atoms with van der Waals surface area (Å²) in [5.74, 6) is -1.46. The van der Waals surface area contributed by atoms with E-state index in [4.69, 9.17) is 17.2 Å². The third kappa shape index (κ3) is 4.14. The highest BCUT2D eigenvalue weighted by molar-refractivity contribution is 9.10. The summed E-state index contributed by atoms with van der Waals surface area (Å²) in [5, 5.41) is 10.9. The van der Waals surface area contributed by atoms with Gasteiger partial charge in [0, 0.05) is 6.07 Å². The Labute approximate surface area is 126 Å². The van der Waals surface area contributed by atoms with Crippen molar-refractivity contribution in [2.75, 3.05) is 7.11 Å². The molecule has 0 spiro atoms. The molecule has 6 N–H and O–H groups in total. The van der Waals surface area contributed by atoms with Crippen molar-refractivity contribution in [1.82, 2.24) is 0 Å². The summed E-state index contributed by atoms with van der Waals surface area (Å²) < 4.78 is 4.72. The highest BCUT2D eigenvalue weighted by atomic mass is 79.9. The SMILES string of the molecule is COC(=O)c1cc(N=C(N)N=C(N)N)c(Br)cc1[N+](=O)[O-]. The van der Waals surface area contributed by atoms with Crippen LogP contribution in [0.5, 0.6) is 0 Å². The Balaban J connectivity index is 3.46. The van der Waals surface area contributed by atoms with Gasteiger partial charge >= 0.3 is 5.97 Å². The number of nitrogens with two attached hydrogens (primary N) is 3. The lowest BCUT2D eigenvalue weighted by Gasteiger charge is -2.05. The van der Waals surface area contributed by atoms with Gasteiger partial charge in [-0.15, -0.1) is 0 Å². The predicted octanol–water partition coefficient (Wildman–Crippen LogP) is 0.364. The summed E-state index contributed by atoms with van der Waals surface area (Å²) in [6, 6.07) is 2.25. The summed E-state index contributed by atoms with van der Waals surface area (Å²) in [4.78, 5) is 29.1. The number of benzene rings is 1. The number of nitrogens with zero attached hydrogens (tertiary/aromatic N) is 3. The van der Waals surface area contributed by atoms with Crippen LogP contribution in [0.1, 0.15) is 10.4 Å². The lowest BCUT2D eigenvalue weighted by atomic mass is 10.1. The Morgan fingerprint density at radius 1 is 1.38 bits per heavy atom. The minimum Gasteiger partial charge on any atom is -0.465 e. The second-order valence-electron chi connectivity index (χ2n) is 3.58. The van der Waals surface area contributed by atoms with Crippen molar-refractivity contribution in [3.8, 4) is 0 Å². The first kappa shape index (κ1) is 16.4. The van der Waals surface area contributed by atoms with Gasteiger partial charge in [0.05, 0.1) is 22.2 Å². The molecule has 1 rings (SSSR count). The zero-order valence-electron chi connectivity index (χ0n) is 10.7. The van der Waals surface area contributed by atoms with Gasteiger partial charge in [-0.2, -0.15) is 4.99 Å². The van der Waals surface area contributed by atoms with Gasteiger partial charge < -0.3 is 21.9 Å². The standard InChI is InChI=1S/C10H11BrN6O4/c1-21-8(18)4-2-6(15-10(14)16-9(12)13)5(11)3-7(4)17(19)20/h2-3H,1H3,(H6,12,13,14,15,16). The second-order valence-corrected chi connectivity index (χ2v) is 4.43. The van der Waals surface area contributed by atoms with Gasteiger partial charge in [-0.25, -0.2) is 9.79 Å². The van der Waals surface area contributed by atoms with Crippen LogP contribution in [0.15, 0.2) is 26.6 Å². The van der Waals surface area contributed by atoms with Crippen molar-refractivity contribution < 1.29 is 14.5 Å². The normalized spacial score (nSPS) is 10.9. The summed E-state index contributed by atoms with van der Waals surface area (Å²) in [7, 11) is 1.10. The number of hydrogen-bond acceptors (Lipinski definition) is 5. The van der Waals surface area contributed by atoms with E-state index in [-0.39, 0.29) is 27.6 Å². The molecule has 0 saturated carbocycles. The summed E-state index contributed by atoms with van der Waals surface area (Å²) in [5.41, 5.74) is 15.2. The average molecular weight is 359 g/mol. The van der Waals surface area contributed by atoms with Gasteiger partial charge in [-0.1, -0.05) is 0 Å². The van der Waals surface area contributed by atoms with E-state index >= 15 is 0 Å². The van der Waals surface area contributed by atoms with Gasteiger partial charge in [0.15, 0.2) is 5.96 Å². The molecule has 0 aromatic heterocycles. The highest BCUT2D eigenvalue weighted by Gasteiger charge is 2.23. The van der Waals surface area contributed by atoms with E-state index in [1.165, 1.54) is 0 Å². The summed E-state index contributed by atoms with van der Waals surface area (Å²) >= 11 is 3.09. The largest absolute Gasteiger partial charge is 0.465 e. The number of aliphatic imine (C=N–C) groups is 2. The van der Waals surface area contributed by atoms with Crippen molar-refractivity contribution in [3.63, 3.8) is 0 Å². The van der Waals surface area contributed by atoms with E-state index in [9.17, 15) is 14.9 Å². The zero-order valence-corrected chi connectivity index (χ0v) is 12.3. The molecule has 0 bridgehead atoms. The molecular weight excluding hydrogens is 348 g/mol. The van der Waals surface area contributed by atoms with E-state index < -0.39 is 16.6 Å². The number of ether oxygens (including phenoxy) is 1. The number of rotatable bonds is 3. The van der Waals surface area contributed by atoms with Crippen molar-refractivity contribution in [2.24, 2.45) is 27.2 Å². The molecule has 1 aromatic carbocycles. The lowest BCUT2D eigenvalue weighted by molar-refractivity contribution is -0.385. The van der Waals surface area contributed by atoms with E-state index in [1.54, 1.807) is 0 Å². The molecule has 0 radical (unpaired) electrons. The summed E-state index contributed by atoms with van der Waals surface area (Å²) in [6.07, 6.45) is 0. The Hall–Kier alpha value is -2.69. The molecular formula is C10H11BrN6O4. The zero-order chi connectivity index (χ0) is 16.2. The predicted molar refractivity (Wildman–Crippen MR) is 79.2 cm³/mol. The molecule has 0 fully saturated rings. The van der Waals surface area contributed by atoms with Crippen LogP contribution in [0.4, 0.5) is 11.4 Å². The molecule has 0 amide bonds. The van der Waals surface area contributed by atoms with Gasteiger partial charge in [0.25, 0.3) is 5.69 Å². The van der Waals surface area contributed by atoms with Gasteiger partial charge in [0.1, 0.15) is 5.56 Å². The molecule has 0 aliphatic carbocycles. The maximum atomic E-state index is 11.6. The third-order valence-electron chi connectivity index (χ3n) is 2.15. The van der Waals surface area contributed by atoms with Crippen LogP contribution in [0.3, 0.4) is 0 Å². The number of nitro groups is 1. The van der Waals surface area contributed by atoms with Crippen LogP contribution in [-0.2, 0) is 4.74 Å². The van der Waals surface area contributed by atoms with Crippen molar-refractivity contribution >= 4 is 45.2 Å². The van der Waals surface area contributed by atoms with Crippen molar-refractivity contribution in [3.05, 3.63) is 32.3 Å². The Kier molecular flexibility index (Phi) is 5.18. The maximum Gasteiger partial charge on any atom is 0.344 e. The second kappa shape index (κ2) is 6.65. The van der Waals surface area contributed by atoms with E-state index in [2.05, 4.69) is 30.7 Å². The molecule has 0 heterocycles. The molecule has 0 aliphatic rings. The number of methoxy groups -OCH3 is 1. The Bertz CT molecular complexity index is 653.